The standard InChI is InChI=1S/C16H14N8O/c17-5-10-12(19)11-13(9-3-1-8(6-25)2-4-9)22-16(21-7-18)24-15(11)23-14(10)20/h1-4,13,25H,6H2,(H6,19,20,21,22,23,24). The van der Waals surface area contributed by atoms with Gasteiger partial charge in [0.05, 0.1) is 12.3 Å². The number of anilines is 3. The molecule has 0 saturated heterocycles. The van der Waals surface area contributed by atoms with Gasteiger partial charge < -0.3 is 21.9 Å². The fraction of sp³-hybridized carbons (Fsp3) is 0.125. The molecule has 1 unspecified atom stereocenters. The quantitative estimate of drug-likeness (QED) is 0.391. The van der Waals surface area contributed by atoms with Crippen molar-refractivity contribution in [2.45, 2.75) is 12.6 Å². The zero-order chi connectivity index (χ0) is 18.0. The molecular weight excluding hydrogens is 320 g/mol. The first kappa shape index (κ1) is 16.1. The highest BCUT2D eigenvalue weighted by Gasteiger charge is 2.29. The van der Waals surface area contributed by atoms with E-state index in [4.69, 9.17) is 16.7 Å². The van der Waals surface area contributed by atoms with Crippen molar-refractivity contribution in [2.24, 2.45) is 4.99 Å². The first-order valence-electron chi connectivity index (χ1n) is 7.27. The Hall–Kier alpha value is -3.82. The van der Waals surface area contributed by atoms with Crippen LogP contribution >= 0.6 is 0 Å². The summed E-state index contributed by atoms with van der Waals surface area (Å²) in [5.41, 5.74) is 14.2. The minimum absolute atomic E-state index is 0.00108. The van der Waals surface area contributed by atoms with Gasteiger partial charge in [0.25, 0.3) is 0 Å². The van der Waals surface area contributed by atoms with Gasteiger partial charge in [-0.25, -0.2) is 9.98 Å². The fourth-order valence-corrected chi connectivity index (χ4v) is 2.63. The molecule has 2 aromatic rings. The van der Waals surface area contributed by atoms with Gasteiger partial charge in [0.1, 0.15) is 29.3 Å². The third-order valence-electron chi connectivity index (χ3n) is 3.84. The Kier molecular flexibility index (Phi) is 4.08. The molecule has 0 radical (unpaired) electrons. The van der Waals surface area contributed by atoms with Crippen molar-refractivity contribution in [3.8, 4) is 12.3 Å². The number of nitrogen functional groups attached to an aromatic ring is 2. The topological polar surface area (TPSA) is 169 Å². The number of aliphatic hydroxyl groups excluding tert-OH is 1. The van der Waals surface area contributed by atoms with Gasteiger partial charge in [0, 0.05) is 5.56 Å². The molecule has 0 bridgehead atoms. The Morgan fingerprint density at radius 2 is 1.96 bits per heavy atom. The molecule has 1 aromatic carbocycles. The van der Waals surface area contributed by atoms with Gasteiger partial charge in [-0.15, -0.1) is 0 Å². The molecule has 9 nitrogen and oxygen atoms in total. The number of guanidine groups is 1. The number of hydrogen-bond donors (Lipinski definition) is 5. The monoisotopic (exact) mass is 334 g/mol. The van der Waals surface area contributed by atoms with Crippen LogP contribution in [0.1, 0.15) is 28.3 Å². The van der Waals surface area contributed by atoms with Gasteiger partial charge in [0.2, 0.25) is 5.96 Å². The lowest BCUT2D eigenvalue weighted by Crippen LogP contribution is -2.32. The molecule has 0 aliphatic carbocycles. The summed E-state index contributed by atoms with van der Waals surface area (Å²) in [6.07, 6.45) is 1.79. The highest BCUT2D eigenvalue weighted by atomic mass is 16.3. The maximum absolute atomic E-state index is 9.27. The molecule has 9 heteroatoms. The fourth-order valence-electron chi connectivity index (χ4n) is 2.63. The molecule has 1 atom stereocenters. The summed E-state index contributed by atoms with van der Waals surface area (Å²) in [7, 11) is 0. The number of rotatable bonds is 2. The van der Waals surface area contributed by atoms with Crippen LogP contribution in [0.25, 0.3) is 0 Å². The number of fused-ring (bicyclic) bond motifs is 1. The Labute approximate surface area is 143 Å². The van der Waals surface area contributed by atoms with E-state index in [1.807, 2.05) is 6.07 Å². The van der Waals surface area contributed by atoms with Crippen LogP contribution in [0.15, 0.2) is 29.3 Å². The van der Waals surface area contributed by atoms with Gasteiger partial charge in [-0.2, -0.15) is 10.5 Å². The second-order valence-corrected chi connectivity index (χ2v) is 5.30. The third-order valence-corrected chi connectivity index (χ3v) is 3.84. The van der Waals surface area contributed by atoms with Crippen LogP contribution in [0.3, 0.4) is 0 Å². The van der Waals surface area contributed by atoms with Gasteiger partial charge >= 0.3 is 0 Å². The van der Waals surface area contributed by atoms with Crippen molar-refractivity contribution in [2.75, 3.05) is 16.8 Å². The van der Waals surface area contributed by atoms with Crippen molar-refractivity contribution in [3.05, 3.63) is 46.5 Å². The number of nitrogens with zero attached hydrogens (tertiary/aromatic N) is 4. The zero-order valence-corrected chi connectivity index (χ0v) is 13.0. The van der Waals surface area contributed by atoms with E-state index in [0.29, 0.717) is 11.4 Å². The number of aliphatic hydroxyl groups is 1. The number of aromatic nitrogens is 1. The molecule has 0 saturated carbocycles. The van der Waals surface area contributed by atoms with E-state index >= 15 is 0 Å². The summed E-state index contributed by atoms with van der Waals surface area (Å²) in [6.45, 7) is -0.0770. The van der Waals surface area contributed by atoms with E-state index in [9.17, 15) is 10.4 Å². The Bertz CT molecular complexity index is 937. The van der Waals surface area contributed by atoms with Crippen molar-refractivity contribution in [1.29, 1.82) is 10.5 Å². The van der Waals surface area contributed by atoms with Crippen LogP contribution in [-0.2, 0) is 6.61 Å². The summed E-state index contributed by atoms with van der Waals surface area (Å²) in [4.78, 5) is 8.62. The predicted molar refractivity (Wildman–Crippen MR) is 91.8 cm³/mol. The maximum atomic E-state index is 9.27. The van der Waals surface area contributed by atoms with E-state index in [1.165, 1.54) is 0 Å². The second-order valence-electron chi connectivity index (χ2n) is 5.30. The molecule has 0 amide bonds. The first-order valence-corrected chi connectivity index (χ1v) is 7.27. The van der Waals surface area contributed by atoms with Crippen molar-refractivity contribution >= 4 is 23.3 Å². The predicted octanol–water partition coefficient (Wildman–Crippen LogP) is 0.552. The van der Waals surface area contributed by atoms with Crippen molar-refractivity contribution in [3.63, 3.8) is 0 Å². The molecule has 7 N–H and O–H groups in total. The van der Waals surface area contributed by atoms with Crippen LogP contribution in [0.2, 0.25) is 0 Å². The van der Waals surface area contributed by atoms with E-state index in [-0.39, 0.29) is 29.6 Å². The lowest BCUT2D eigenvalue weighted by Gasteiger charge is -2.26. The summed E-state index contributed by atoms with van der Waals surface area (Å²) in [5, 5.41) is 32.6. The van der Waals surface area contributed by atoms with Crippen LogP contribution in [-0.4, -0.2) is 16.1 Å². The third kappa shape index (κ3) is 2.76. The SMILES string of the molecule is N#CNC1=NC(c2ccc(CO)cc2)c2c(nc(N)c(C#N)c2N)N1. The molecule has 25 heavy (non-hydrogen) atoms. The first-order chi connectivity index (χ1) is 12.1. The van der Waals surface area contributed by atoms with Gasteiger partial charge in [0.15, 0.2) is 6.19 Å². The number of nitriles is 2. The highest BCUT2D eigenvalue weighted by Crippen LogP contribution is 2.40. The molecule has 1 aliphatic rings. The zero-order valence-electron chi connectivity index (χ0n) is 13.0. The Morgan fingerprint density at radius 1 is 1.24 bits per heavy atom. The number of nitrogens with one attached hydrogen (secondary N) is 2. The molecule has 2 heterocycles. The molecule has 3 rings (SSSR count). The maximum Gasteiger partial charge on any atom is 0.211 e. The van der Waals surface area contributed by atoms with E-state index in [2.05, 4.69) is 20.6 Å². The minimum Gasteiger partial charge on any atom is -0.397 e. The van der Waals surface area contributed by atoms with E-state index < -0.39 is 6.04 Å². The Balaban J connectivity index is 2.19. The number of pyridine rings is 1. The lowest BCUT2D eigenvalue weighted by atomic mass is 9.94. The summed E-state index contributed by atoms with van der Waals surface area (Å²) >= 11 is 0. The Morgan fingerprint density at radius 3 is 2.56 bits per heavy atom. The van der Waals surface area contributed by atoms with E-state index in [0.717, 1.165) is 11.1 Å². The van der Waals surface area contributed by atoms with Gasteiger partial charge in [-0.1, -0.05) is 24.3 Å². The average Bonchev–Trinajstić information content (AvgIpc) is 2.61. The van der Waals surface area contributed by atoms with Crippen LogP contribution in [0.5, 0.6) is 0 Å². The molecule has 1 aliphatic heterocycles. The van der Waals surface area contributed by atoms with Crippen molar-refractivity contribution in [1.82, 2.24) is 10.3 Å². The van der Waals surface area contributed by atoms with Crippen LogP contribution in [0, 0.1) is 22.8 Å². The minimum atomic E-state index is -0.583. The summed E-state index contributed by atoms with van der Waals surface area (Å²) < 4.78 is 0. The summed E-state index contributed by atoms with van der Waals surface area (Å²) in [6, 6.07) is 8.47. The number of nitrogens with two attached hydrogens (primary N) is 2. The van der Waals surface area contributed by atoms with E-state index in [1.54, 1.807) is 30.5 Å². The smallest absolute Gasteiger partial charge is 0.211 e. The number of benzene rings is 1. The molecular formula is C16H14N8O. The normalized spacial score (nSPS) is 15.2. The second kappa shape index (κ2) is 6.35. The number of aliphatic imine (C=N–C) groups is 1. The molecule has 124 valence electrons. The van der Waals surface area contributed by atoms with Crippen LogP contribution < -0.4 is 22.1 Å². The van der Waals surface area contributed by atoms with Gasteiger partial charge in [-0.3, -0.25) is 5.32 Å². The number of hydrogen-bond acceptors (Lipinski definition) is 9. The molecule has 0 spiro atoms. The van der Waals surface area contributed by atoms with Crippen molar-refractivity contribution < 1.29 is 5.11 Å². The van der Waals surface area contributed by atoms with Gasteiger partial charge in [-0.05, 0) is 11.1 Å². The largest absolute Gasteiger partial charge is 0.397 e. The molecule has 1 aromatic heterocycles. The lowest BCUT2D eigenvalue weighted by molar-refractivity contribution is 0.282. The molecule has 0 fully saturated rings. The highest BCUT2D eigenvalue weighted by molar-refractivity contribution is 5.98. The summed E-state index contributed by atoms with van der Waals surface area (Å²) in [5.74, 6) is 0.527. The van der Waals surface area contributed by atoms with Crippen LogP contribution in [0.4, 0.5) is 17.3 Å². The average molecular weight is 334 g/mol.